The molecule has 9 heteroatoms. The molecule has 3 rings (SSSR count). The van der Waals surface area contributed by atoms with Crippen LogP contribution in [-0.2, 0) is 21.2 Å². The summed E-state index contributed by atoms with van der Waals surface area (Å²) in [5, 5.41) is 2.91. The maximum atomic E-state index is 12.8. The van der Waals surface area contributed by atoms with Gasteiger partial charge in [-0.25, -0.2) is 13.4 Å². The van der Waals surface area contributed by atoms with E-state index in [-0.39, 0.29) is 35.0 Å². The Morgan fingerprint density at radius 3 is 2.66 bits per heavy atom. The number of benzene rings is 1. The van der Waals surface area contributed by atoms with Crippen LogP contribution in [0.5, 0.6) is 5.75 Å². The summed E-state index contributed by atoms with van der Waals surface area (Å²) in [6.07, 6.45) is 3.06. The SMILES string of the molecule is COc1ccccc1CCNC(=O)C1CCN(S(=O)(=O)c2cccnc2Cl)CC1. The van der Waals surface area contributed by atoms with Gasteiger partial charge in [-0.05, 0) is 43.0 Å². The quantitative estimate of drug-likeness (QED) is 0.672. The first-order chi connectivity index (χ1) is 13.9. The molecule has 29 heavy (non-hydrogen) atoms. The molecule has 1 aromatic carbocycles. The van der Waals surface area contributed by atoms with Crippen LogP contribution in [0.4, 0.5) is 0 Å². The van der Waals surface area contributed by atoms with Crippen LogP contribution in [0.15, 0.2) is 47.5 Å². The summed E-state index contributed by atoms with van der Waals surface area (Å²) in [5.74, 6) is 0.550. The van der Waals surface area contributed by atoms with E-state index in [0.29, 0.717) is 25.8 Å². The average Bonchev–Trinajstić information content (AvgIpc) is 2.74. The minimum Gasteiger partial charge on any atom is -0.496 e. The highest BCUT2D eigenvalue weighted by atomic mass is 35.5. The largest absolute Gasteiger partial charge is 0.496 e. The van der Waals surface area contributed by atoms with Crippen LogP contribution in [0.25, 0.3) is 0 Å². The van der Waals surface area contributed by atoms with E-state index in [4.69, 9.17) is 16.3 Å². The monoisotopic (exact) mass is 437 g/mol. The van der Waals surface area contributed by atoms with E-state index >= 15 is 0 Å². The molecule has 0 atom stereocenters. The van der Waals surface area contributed by atoms with Crippen molar-refractivity contribution in [2.45, 2.75) is 24.2 Å². The van der Waals surface area contributed by atoms with Crippen molar-refractivity contribution in [2.24, 2.45) is 5.92 Å². The molecular formula is C20H24ClN3O4S. The highest BCUT2D eigenvalue weighted by molar-refractivity contribution is 7.89. The van der Waals surface area contributed by atoms with E-state index in [1.807, 2.05) is 24.3 Å². The molecule has 0 bridgehead atoms. The van der Waals surface area contributed by atoms with Crippen LogP contribution in [0.2, 0.25) is 5.15 Å². The van der Waals surface area contributed by atoms with Gasteiger partial charge in [-0.15, -0.1) is 0 Å². The Morgan fingerprint density at radius 1 is 1.24 bits per heavy atom. The Kier molecular flexibility index (Phi) is 7.10. The maximum absolute atomic E-state index is 12.8. The van der Waals surface area contributed by atoms with Crippen molar-refractivity contribution in [3.63, 3.8) is 0 Å². The number of carbonyl (C=O) groups is 1. The van der Waals surface area contributed by atoms with Crippen LogP contribution in [-0.4, -0.2) is 50.4 Å². The van der Waals surface area contributed by atoms with Crippen molar-refractivity contribution in [1.29, 1.82) is 0 Å². The lowest BCUT2D eigenvalue weighted by Crippen LogP contribution is -2.43. The predicted octanol–water partition coefficient (Wildman–Crippen LogP) is 2.50. The molecular weight excluding hydrogens is 414 g/mol. The Labute approximate surface area is 176 Å². The standard InChI is InChI=1S/C20H24ClN3O4S/c1-28-17-6-3-2-5-15(17)8-12-23-20(25)16-9-13-24(14-10-16)29(26,27)18-7-4-11-22-19(18)21/h2-7,11,16H,8-10,12-14H2,1H3,(H,23,25). The number of halogens is 1. The summed E-state index contributed by atoms with van der Waals surface area (Å²) in [6.45, 7) is 1.05. The first kappa shape index (κ1) is 21.5. The summed E-state index contributed by atoms with van der Waals surface area (Å²) >= 11 is 5.95. The van der Waals surface area contributed by atoms with Crippen molar-refractivity contribution in [3.05, 3.63) is 53.3 Å². The number of para-hydroxylation sites is 1. The summed E-state index contributed by atoms with van der Waals surface area (Å²) in [5.41, 5.74) is 1.03. The number of nitrogens with one attached hydrogen (secondary N) is 1. The van der Waals surface area contributed by atoms with E-state index in [2.05, 4.69) is 10.3 Å². The number of hydrogen-bond donors (Lipinski definition) is 1. The summed E-state index contributed by atoms with van der Waals surface area (Å²) in [6, 6.07) is 10.7. The molecule has 1 amide bonds. The first-order valence-electron chi connectivity index (χ1n) is 9.43. The van der Waals surface area contributed by atoms with Crippen molar-refractivity contribution >= 4 is 27.5 Å². The molecule has 0 saturated carbocycles. The predicted molar refractivity (Wildman–Crippen MR) is 110 cm³/mol. The zero-order chi connectivity index (χ0) is 20.9. The van der Waals surface area contributed by atoms with E-state index in [1.54, 1.807) is 13.2 Å². The molecule has 1 fully saturated rings. The third-order valence-corrected chi connectivity index (χ3v) is 7.40. The molecule has 0 unspecified atom stereocenters. The van der Waals surface area contributed by atoms with Gasteiger partial charge in [-0.2, -0.15) is 4.31 Å². The molecule has 1 saturated heterocycles. The van der Waals surface area contributed by atoms with Crippen LogP contribution in [0.3, 0.4) is 0 Å². The fourth-order valence-corrected chi connectivity index (χ4v) is 5.33. The molecule has 0 radical (unpaired) electrons. The zero-order valence-corrected chi connectivity index (χ0v) is 17.7. The average molecular weight is 438 g/mol. The second-order valence-corrected chi connectivity index (χ2v) is 9.09. The third-order valence-electron chi connectivity index (χ3n) is 5.05. The molecule has 1 aliphatic heterocycles. The number of piperidine rings is 1. The van der Waals surface area contributed by atoms with Gasteiger partial charge in [-0.3, -0.25) is 4.79 Å². The lowest BCUT2D eigenvalue weighted by molar-refractivity contribution is -0.126. The lowest BCUT2D eigenvalue weighted by atomic mass is 9.97. The normalized spacial score (nSPS) is 15.8. The minimum atomic E-state index is -3.71. The van der Waals surface area contributed by atoms with E-state index in [9.17, 15) is 13.2 Å². The van der Waals surface area contributed by atoms with Gasteiger partial charge in [0, 0.05) is 31.7 Å². The molecule has 1 N–H and O–H groups in total. The van der Waals surface area contributed by atoms with E-state index < -0.39 is 10.0 Å². The van der Waals surface area contributed by atoms with Crippen LogP contribution >= 0.6 is 11.6 Å². The highest BCUT2D eigenvalue weighted by Gasteiger charge is 2.33. The molecule has 1 aliphatic rings. The number of carbonyl (C=O) groups excluding carboxylic acids is 1. The van der Waals surface area contributed by atoms with Gasteiger partial charge in [0.1, 0.15) is 15.8 Å². The fourth-order valence-electron chi connectivity index (χ4n) is 3.44. The van der Waals surface area contributed by atoms with Gasteiger partial charge in [0.15, 0.2) is 0 Å². The molecule has 2 heterocycles. The van der Waals surface area contributed by atoms with Crippen LogP contribution in [0.1, 0.15) is 18.4 Å². The Hall–Kier alpha value is -2.16. The Balaban J connectivity index is 1.51. The van der Waals surface area contributed by atoms with Crippen LogP contribution in [0, 0.1) is 5.92 Å². The number of nitrogens with zero attached hydrogens (tertiary/aromatic N) is 2. The molecule has 2 aromatic rings. The molecule has 0 aliphatic carbocycles. The smallest absolute Gasteiger partial charge is 0.246 e. The summed E-state index contributed by atoms with van der Waals surface area (Å²) in [7, 11) is -2.09. The van der Waals surface area contributed by atoms with Gasteiger partial charge in [0.2, 0.25) is 15.9 Å². The van der Waals surface area contributed by atoms with Crippen molar-refractivity contribution in [2.75, 3.05) is 26.7 Å². The number of rotatable bonds is 7. The van der Waals surface area contributed by atoms with Crippen molar-refractivity contribution < 1.29 is 17.9 Å². The topological polar surface area (TPSA) is 88.6 Å². The van der Waals surface area contributed by atoms with Gasteiger partial charge in [0.05, 0.1) is 7.11 Å². The zero-order valence-electron chi connectivity index (χ0n) is 16.2. The molecule has 7 nitrogen and oxygen atoms in total. The number of hydrogen-bond acceptors (Lipinski definition) is 5. The Bertz CT molecular complexity index is 960. The number of methoxy groups -OCH3 is 1. The number of amides is 1. The molecule has 1 aromatic heterocycles. The number of ether oxygens (including phenoxy) is 1. The number of aromatic nitrogens is 1. The number of sulfonamides is 1. The minimum absolute atomic E-state index is 0.00127. The molecule has 156 valence electrons. The van der Waals surface area contributed by atoms with Gasteiger partial charge in [0.25, 0.3) is 0 Å². The maximum Gasteiger partial charge on any atom is 0.246 e. The van der Waals surface area contributed by atoms with E-state index in [1.165, 1.54) is 16.6 Å². The lowest BCUT2D eigenvalue weighted by Gasteiger charge is -2.30. The van der Waals surface area contributed by atoms with Gasteiger partial charge >= 0.3 is 0 Å². The van der Waals surface area contributed by atoms with Crippen LogP contribution < -0.4 is 10.1 Å². The Morgan fingerprint density at radius 2 is 1.97 bits per heavy atom. The molecule has 0 spiro atoms. The van der Waals surface area contributed by atoms with Gasteiger partial charge in [-0.1, -0.05) is 29.8 Å². The third kappa shape index (κ3) is 5.07. The van der Waals surface area contributed by atoms with E-state index in [0.717, 1.165) is 11.3 Å². The summed E-state index contributed by atoms with van der Waals surface area (Å²) < 4.78 is 32.2. The fraction of sp³-hybridized carbons (Fsp3) is 0.400. The second-order valence-electron chi connectivity index (χ2n) is 6.82. The summed E-state index contributed by atoms with van der Waals surface area (Å²) in [4.78, 5) is 16.3. The number of pyridine rings is 1. The van der Waals surface area contributed by atoms with Crippen molar-refractivity contribution in [1.82, 2.24) is 14.6 Å². The second kappa shape index (κ2) is 9.56. The highest BCUT2D eigenvalue weighted by Crippen LogP contribution is 2.27. The first-order valence-corrected chi connectivity index (χ1v) is 11.3. The van der Waals surface area contributed by atoms with Crippen molar-refractivity contribution in [3.8, 4) is 5.75 Å². The van der Waals surface area contributed by atoms with Gasteiger partial charge < -0.3 is 10.1 Å².